The lowest BCUT2D eigenvalue weighted by Crippen LogP contribution is -2.37. The molecule has 0 radical (unpaired) electrons. The highest BCUT2D eigenvalue weighted by atomic mass is 15.1. The van der Waals surface area contributed by atoms with Crippen LogP contribution in [0.5, 0.6) is 0 Å². The zero-order valence-electron chi connectivity index (χ0n) is 23.5. The van der Waals surface area contributed by atoms with Gasteiger partial charge in [-0.15, -0.1) is 0 Å². The number of aromatic nitrogens is 2. The Morgan fingerprint density at radius 2 is 1.11 bits per heavy atom. The number of nitrogens with zero attached hydrogens (tertiary/aromatic N) is 2. The van der Waals surface area contributed by atoms with Crippen LogP contribution in [-0.4, -0.2) is 4.57 Å². The molecule has 0 spiro atoms. The number of unbranched alkanes of at least 4 members (excludes halogenated alkanes) is 15. The molecule has 1 aromatic carbocycles. The average Bonchev–Trinajstić information content (AvgIpc) is 3.26. The molecule has 2 aromatic rings. The molecule has 2 nitrogen and oxygen atoms in total. The lowest BCUT2D eigenvalue weighted by atomic mass is 10.0. The summed E-state index contributed by atoms with van der Waals surface area (Å²) in [5.41, 5.74) is 1.46. The van der Waals surface area contributed by atoms with E-state index in [-0.39, 0.29) is 0 Å². The molecule has 1 heterocycles. The van der Waals surface area contributed by atoms with Gasteiger partial charge in [0.25, 0.3) is 5.82 Å². The lowest BCUT2D eigenvalue weighted by Gasteiger charge is -2.07. The third-order valence-corrected chi connectivity index (χ3v) is 7.55. The van der Waals surface area contributed by atoms with Crippen molar-refractivity contribution < 1.29 is 4.57 Å². The van der Waals surface area contributed by atoms with Gasteiger partial charge in [-0.05, 0) is 37.7 Å². The molecule has 0 aliphatic rings. The van der Waals surface area contributed by atoms with E-state index in [0.717, 1.165) is 6.54 Å². The highest BCUT2D eigenvalue weighted by Crippen LogP contribution is 2.14. The maximum Gasteiger partial charge on any atom is 0.256 e. The van der Waals surface area contributed by atoms with E-state index in [1.807, 2.05) is 0 Å². The molecule has 0 atom stereocenters. The summed E-state index contributed by atoms with van der Waals surface area (Å²) in [6.45, 7) is 6.93. The zero-order valence-corrected chi connectivity index (χ0v) is 23.5. The molecular formula is C33H57N2+. The smallest absolute Gasteiger partial charge is 0.234 e. The van der Waals surface area contributed by atoms with Crippen LogP contribution in [0.4, 0.5) is 0 Å². The van der Waals surface area contributed by atoms with Gasteiger partial charge in [0.1, 0.15) is 12.4 Å². The molecule has 0 fully saturated rings. The third kappa shape index (κ3) is 13.9. The van der Waals surface area contributed by atoms with Crippen molar-refractivity contribution in [3.05, 3.63) is 54.1 Å². The maximum absolute atomic E-state index is 2.56. The number of aryl methyl sites for hydroxylation is 3. The van der Waals surface area contributed by atoms with E-state index >= 15 is 0 Å². The monoisotopic (exact) mass is 481 g/mol. The minimum absolute atomic E-state index is 1.14. The molecule has 1 aromatic heterocycles. The first-order valence-electron chi connectivity index (χ1n) is 15.5. The Labute approximate surface area is 218 Å². The molecule has 0 saturated carbocycles. The minimum Gasteiger partial charge on any atom is -0.234 e. The normalized spacial score (nSPS) is 11.4. The van der Waals surface area contributed by atoms with Gasteiger partial charge in [-0.25, -0.2) is 9.13 Å². The van der Waals surface area contributed by atoms with Gasteiger partial charge in [0.05, 0.1) is 13.1 Å². The van der Waals surface area contributed by atoms with Crippen molar-refractivity contribution >= 4 is 0 Å². The Hall–Kier alpha value is -1.57. The Morgan fingerprint density at radius 3 is 1.71 bits per heavy atom. The summed E-state index contributed by atoms with van der Waals surface area (Å²) in [5, 5.41) is 0. The number of rotatable bonds is 23. The minimum atomic E-state index is 1.14. The van der Waals surface area contributed by atoms with Crippen LogP contribution >= 0.6 is 0 Å². The summed E-state index contributed by atoms with van der Waals surface area (Å²) >= 11 is 0. The second kappa shape index (κ2) is 20.6. The first kappa shape index (κ1) is 29.7. The van der Waals surface area contributed by atoms with Crippen LogP contribution in [0.3, 0.4) is 0 Å². The van der Waals surface area contributed by atoms with Crippen LogP contribution in [-0.2, 0) is 25.9 Å². The van der Waals surface area contributed by atoms with Crippen molar-refractivity contribution in [3.63, 3.8) is 0 Å². The first-order chi connectivity index (χ1) is 17.3. The fraction of sp³-hybridized carbons (Fsp3) is 0.727. The summed E-state index contributed by atoms with van der Waals surface area (Å²) in [6, 6.07) is 11.0. The van der Waals surface area contributed by atoms with E-state index in [0.29, 0.717) is 0 Å². The quantitative estimate of drug-likeness (QED) is 0.110. The first-order valence-corrected chi connectivity index (χ1v) is 15.5. The third-order valence-electron chi connectivity index (χ3n) is 7.55. The van der Waals surface area contributed by atoms with Gasteiger partial charge in [-0.2, -0.15) is 0 Å². The number of imidazole rings is 1. The fourth-order valence-electron chi connectivity index (χ4n) is 5.30. The molecular weight excluding hydrogens is 424 g/mol. The van der Waals surface area contributed by atoms with Crippen molar-refractivity contribution in [2.24, 2.45) is 0 Å². The number of hydrogen-bond acceptors (Lipinski definition) is 0. The Morgan fingerprint density at radius 1 is 0.571 bits per heavy atom. The van der Waals surface area contributed by atoms with Gasteiger partial charge >= 0.3 is 0 Å². The summed E-state index contributed by atoms with van der Waals surface area (Å²) < 4.78 is 5.11. The fourth-order valence-corrected chi connectivity index (χ4v) is 5.30. The van der Waals surface area contributed by atoms with Crippen LogP contribution in [0.15, 0.2) is 42.7 Å². The van der Waals surface area contributed by atoms with Crippen molar-refractivity contribution in [3.8, 4) is 0 Å². The van der Waals surface area contributed by atoms with Gasteiger partial charge in [-0.1, -0.05) is 134 Å². The SMILES string of the molecule is CCCCCCCCCCCCCCCCc1n(CCCCC)cc[n+]1CCCc1ccccc1. The zero-order chi connectivity index (χ0) is 24.8. The molecule has 0 N–H and O–H groups in total. The van der Waals surface area contributed by atoms with Crippen LogP contribution in [0.1, 0.15) is 141 Å². The molecule has 0 amide bonds. The Kier molecular flexibility index (Phi) is 17.5. The standard InChI is InChI=1S/C33H57N2/c1-3-5-7-8-9-10-11-12-13-14-15-16-17-21-27-33-34(28-22-6-4-2)30-31-35(33)29-23-26-32-24-19-18-20-25-32/h18-20,24-25,30-31H,3-17,21-23,26-29H2,1-2H3/q+1. The van der Waals surface area contributed by atoms with Crippen molar-refractivity contribution in [2.75, 3.05) is 0 Å². The predicted octanol–water partition coefficient (Wildman–Crippen LogP) is 9.62. The second-order valence-corrected chi connectivity index (χ2v) is 10.7. The van der Waals surface area contributed by atoms with Gasteiger partial charge in [0.15, 0.2) is 0 Å². The Bertz CT molecular complexity index is 718. The van der Waals surface area contributed by atoms with E-state index in [1.165, 1.54) is 141 Å². The van der Waals surface area contributed by atoms with Gasteiger partial charge in [-0.3, -0.25) is 0 Å². The van der Waals surface area contributed by atoms with Crippen LogP contribution < -0.4 is 4.57 Å². The van der Waals surface area contributed by atoms with Crippen LogP contribution in [0, 0.1) is 0 Å². The molecule has 0 unspecified atom stereocenters. The van der Waals surface area contributed by atoms with Crippen molar-refractivity contribution in [1.82, 2.24) is 4.57 Å². The van der Waals surface area contributed by atoms with Crippen LogP contribution in [0.25, 0.3) is 0 Å². The maximum atomic E-state index is 2.56. The van der Waals surface area contributed by atoms with E-state index in [4.69, 9.17) is 0 Å². The molecule has 198 valence electrons. The van der Waals surface area contributed by atoms with E-state index in [2.05, 4.69) is 65.7 Å². The average molecular weight is 482 g/mol. The lowest BCUT2D eigenvalue weighted by molar-refractivity contribution is -0.704. The van der Waals surface area contributed by atoms with Gasteiger partial charge in [0.2, 0.25) is 0 Å². The highest BCUT2D eigenvalue weighted by Gasteiger charge is 2.16. The summed E-state index contributed by atoms with van der Waals surface area (Å²) in [5.74, 6) is 1.56. The van der Waals surface area contributed by atoms with Gasteiger partial charge in [0, 0.05) is 6.42 Å². The molecule has 0 aliphatic heterocycles. The summed E-state index contributed by atoms with van der Waals surface area (Å²) in [6.07, 6.45) is 32.3. The van der Waals surface area contributed by atoms with E-state index in [9.17, 15) is 0 Å². The molecule has 35 heavy (non-hydrogen) atoms. The van der Waals surface area contributed by atoms with Crippen molar-refractivity contribution in [2.45, 2.75) is 155 Å². The highest BCUT2D eigenvalue weighted by molar-refractivity contribution is 5.14. The van der Waals surface area contributed by atoms with E-state index < -0.39 is 0 Å². The molecule has 2 rings (SSSR count). The largest absolute Gasteiger partial charge is 0.256 e. The predicted molar refractivity (Wildman–Crippen MR) is 153 cm³/mol. The topological polar surface area (TPSA) is 8.81 Å². The summed E-state index contributed by atoms with van der Waals surface area (Å²) in [7, 11) is 0. The van der Waals surface area contributed by atoms with Gasteiger partial charge < -0.3 is 0 Å². The number of benzene rings is 1. The van der Waals surface area contributed by atoms with E-state index in [1.54, 1.807) is 5.82 Å². The second-order valence-electron chi connectivity index (χ2n) is 10.7. The molecule has 2 heteroatoms. The Balaban J connectivity index is 1.61. The molecule has 0 saturated heterocycles. The number of hydrogen-bond donors (Lipinski definition) is 0. The van der Waals surface area contributed by atoms with Crippen molar-refractivity contribution in [1.29, 1.82) is 0 Å². The summed E-state index contributed by atoms with van der Waals surface area (Å²) in [4.78, 5) is 0. The van der Waals surface area contributed by atoms with Crippen LogP contribution in [0.2, 0.25) is 0 Å². The molecule has 0 aliphatic carbocycles. The molecule has 0 bridgehead atoms.